The maximum atomic E-state index is 12.9. The Bertz CT molecular complexity index is 1640. The maximum absolute atomic E-state index is 12.9. The van der Waals surface area contributed by atoms with E-state index in [1.165, 1.54) is 83.5 Å². The lowest BCUT2D eigenvalue weighted by molar-refractivity contribution is -0.215. The fraction of sp³-hybridized carbons (Fsp3) is 0.827. The molecule has 12 bridgehead atoms. The highest BCUT2D eigenvalue weighted by molar-refractivity contribution is 5.76. The van der Waals surface area contributed by atoms with Crippen molar-refractivity contribution in [2.75, 3.05) is 0 Å². The van der Waals surface area contributed by atoms with Crippen molar-refractivity contribution in [3.63, 3.8) is 0 Å². The minimum absolute atomic E-state index is 0.0885. The van der Waals surface area contributed by atoms with Gasteiger partial charge in [-0.2, -0.15) is 0 Å². The fourth-order valence-electron chi connectivity index (χ4n) is 16.4. The number of fused-ring (bicyclic) bond motifs is 8. The summed E-state index contributed by atoms with van der Waals surface area (Å²) >= 11 is 0. The molecular weight excluding hydrogens is 721 g/mol. The molecule has 318 valence electrons. The predicted molar refractivity (Wildman–Crippen MR) is 225 cm³/mol. The normalized spacial score (nSPS) is 47.9. The van der Waals surface area contributed by atoms with E-state index >= 15 is 0 Å². The van der Waals surface area contributed by atoms with Gasteiger partial charge in [0.15, 0.2) is 0 Å². The Morgan fingerprint density at radius 1 is 0.483 bits per heavy atom. The van der Waals surface area contributed by atoms with Crippen LogP contribution in [0.15, 0.2) is 36.5 Å². The van der Waals surface area contributed by atoms with Crippen molar-refractivity contribution in [2.45, 2.75) is 179 Å². The summed E-state index contributed by atoms with van der Waals surface area (Å²) in [5, 5.41) is 0. The quantitative estimate of drug-likeness (QED) is 0.131. The summed E-state index contributed by atoms with van der Waals surface area (Å²) < 4.78 is 18.5. The van der Waals surface area contributed by atoms with Gasteiger partial charge in [0.2, 0.25) is 0 Å². The first-order valence-electron chi connectivity index (χ1n) is 24.8. The van der Waals surface area contributed by atoms with Crippen LogP contribution >= 0.6 is 0 Å². The molecule has 10 fully saturated rings. The molecule has 0 aromatic heterocycles. The van der Waals surface area contributed by atoms with Gasteiger partial charge in [0.05, 0.1) is 17.8 Å². The molecule has 0 aliphatic heterocycles. The lowest BCUT2D eigenvalue weighted by Gasteiger charge is -2.60. The predicted octanol–water partition coefficient (Wildman–Crippen LogP) is 11.5. The van der Waals surface area contributed by atoms with Crippen LogP contribution in [0.3, 0.4) is 0 Å². The standard InChI is InChI=1S/C20H28O2.C17H24O2.C15H22O2/c1-2-20(16-7-13-5-14(9-16)10-17(20)8-13)22-19(21)18-11-12-3-4-15(18)6-12;1-2-17(10-12-4-6-14(17)8-12)19-16(18)15-9-11-3-5-13(15)7-11;1-2-15(7-3-4-8-15)17-14(16)13-10-11-5-6-12(13)9-11/h3-4,12-18H,2,5-11H2,1H3;3,5,11-15H,2,4,6-10H2,1H3;5-6,11-13H,2-4,7-10H2,1H3. The van der Waals surface area contributed by atoms with Crippen molar-refractivity contribution in [1.82, 2.24) is 0 Å². The van der Waals surface area contributed by atoms with E-state index in [-0.39, 0.29) is 52.5 Å². The van der Waals surface area contributed by atoms with Gasteiger partial charge in [-0.15, -0.1) is 0 Å². The van der Waals surface area contributed by atoms with Gasteiger partial charge < -0.3 is 14.2 Å². The first-order chi connectivity index (χ1) is 28.1. The summed E-state index contributed by atoms with van der Waals surface area (Å²) in [6.07, 6.45) is 39.7. The lowest BCUT2D eigenvalue weighted by Crippen LogP contribution is -2.59. The van der Waals surface area contributed by atoms with Crippen molar-refractivity contribution in [2.24, 2.45) is 88.8 Å². The summed E-state index contributed by atoms with van der Waals surface area (Å²) in [5.74, 6) is 8.90. The first kappa shape index (κ1) is 39.7. The molecule has 12 atom stereocenters. The Balaban J connectivity index is 0.000000107. The Kier molecular flexibility index (Phi) is 10.6. The number of carbonyl (C=O) groups is 3. The van der Waals surface area contributed by atoms with Crippen LogP contribution in [-0.2, 0) is 28.6 Å². The molecule has 0 radical (unpaired) electrons. The molecule has 0 N–H and O–H groups in total. The van der Waals surface area contributed by atoms with Crippen LogP contribution < -0.4 is 0 Å². The van der Waals surface area contributed by atoms with Crippen molar-refractivity contribution in [1.29, 1.82) is 0 Å². The van der Waals surface area contributed by atoms with Crippen LogP contribution in [-0.4, -0.2) is 34.7 Å². The molecule has 10 saturated carbocycles. The van der Waals surface area contributed by atoms with E-state index in [0.717, 1.165) is 75.5 Å². The number of esters is 3. The molecule has 13 aliphatic carbocycles. The monoisotopic (exact) mass is 795 g/mol. The van der Waals surface area contributed by atoms with E-state index in [1.54, 1.807) is 0 Å². The zero-order valence-corrected chi connectivity index (χ0v) is 36.1. The van der Waals surface area contributed by atoms with Crippen LogP contribution in [0.2, 0.25) is 0 Å². The fourth-order valence-corrected chi connectivity index (χ4v) is 16.4. The largest absolute Gasteiger partial charge is 0.459 e. The third-order valence-corrected chi connectivity index (χ3v) is 19.4. The molecule has 58 heavy (non-hydrogen) atoms. The topological polar surface area (TPSA) is 78.9 Å². The summed E-state index contributed by atoms with van der Waals surface area (Å²) in [5.41, 5.74) is -0.301. The van der Waals surface area contributed by atoms with Gasteiger partial charge in [0.1, 0.15) is 16.8 Å². The summed E-state index contributed by atoms with van der Waals surface area (Å²) in [4.78, 5) is 37.8. The lowest BCUT2D eigenvalue weighted by atomic mass is 9.49. The molecular formula is C52H74O6. The van der Waals surface area contributed by atoms with Crippen LogP contribution in [0.25, 0.3) is 0 Å². The molecule has 6 nitrogen and oxygen atoms in total. The highest BCUT2D eigenvalue weighted by Gasteiger charge is 2.60. The van der Waals surface area contributed by atoms with Gasteiger partial charge >= 0.3 is 17.9 Å². The summed E-state index contributed by atoms with van der Waals surface area (Å²) in [6, 6.07) is 0. The second-order valence-corrected chi connectivity index (χ2v) is 22.3. The Morgan fingerprint density at radius 3 is 1.34 bits per heavy atom. The van der Waals surface area contributed by atoms with Crippen LogP contribution in [0.4, 0.5) is 0 Å². The molecule has 0 aromatic rings. The zero-order valence-electron chi connectivity index (χ0n) is 36.1. The number of ether oxygens (including phenoxy) is 3. The summed E-state index contributed by atoms with van der Waals surface area (Å²) in [6.45, 7) is 6.62. The van der Waals surface area contributed by atoms with Crippen LogP contribution in [0.1, 0.15) is 162 Å². The van der Waals surface area contributed by atoms with E-state index in [0.29, 0.717) is 53.3 Å². The van der Waals surface area contributed by atoms with Crippen LogP contribution in [0.5, 0.6) is 0 Å². The van der Waals surface area contributed by atoms with Crippen molar-refractivity contribution < 1.29 is 28.6 Å². The summed E-state index contributed by atoms with van der Waals surface area (Å²) in [7, 11) is 0. The average molecular weight is 795 g/mol. The minimum Gasteiger partial charge on any atom is -0.459 e. The molecule has 0 heterocycles. The molecule has 0 spiro atoms. The Labute approximate surface area is 349 Å². The number of rotatable bonds is 9. The minimum atomic E-state index is -0.109. The van der Waals surface area contributed by atoms with Crippen molar-refractivity contribution in [3.8, 4) is 0 Å². The molecule has 0 saturated heterocycles. The smallest absolute Gasteiger partial charge is 0.310 e. The average Bonchev–Trinajstić information content (AvgIpc) is 4.10. The Hall–Kier alpha value is -2.37. The molecule has 0 amide bonds. The molecule has 13 aliphatic rings. The SMILES string of the molecule is CCC1(OC(=O)C2CC3C=CC2C3)C2CC3CC(C2)CC1C3.CCC1(OC(=O)C2CC3C=CC2C3)CC2CCC1C2.CCC1(OC(=O)C2CC3C=CC2C3)CCCC1. The highest BCUT2D eigenvalue weighted by Crippen LogP contribution is 2.61. The van der Waals surface area contributed by atoms with E-state index in [9.17, 15) is 14.4 Å². The van der Waals surface area contributed by atoms with Gasteiger partial charge in [0, 0.05) is 0 Å². The number of allylic oxidation sites excluding steroid dienone is 6. The van der Waals surface area contributed by atoms with Gasteiger partial charge in [-0.05, 0) is 212 Å². The second kappa shape index (κ2) is 15.5. The maximum Gasteiger partial charge on any atom is 0.310 e. The number of hydrogen-bond donors (Lipinski definition) is 0. The highest BCUT2D eigenvalue weighted by atomic mass is 16.6. The number of carbonyl (C=O) groups excluding carboxylic acids is 3. The Morgan fingerprint density at radius 2 is 0.966 bits per heavy atom. The molecule has 6 heteroatoms. The zero-order chi connectivity index (χ0) is 39.8. The van der Waals surface area contributed by atoms with Gasteiger partial charge in [-0.25, -0.2) is 0 Å². The first-order valence-corrected chi connectivity index (χ1v) is 24.8. The third-order valence-electron chi connectivity index (χ3n) is 19.4. The van der Waals surface area contributed by atoms with Crippen molar-refractivity contribution >= 4 is 17.9 Å². The number of hydrogen-bond acceptors (Lipinski definition) is 6. The van der Waals surface area contributed by atoms with Crippen molar-refractivity contribution in [3.05, 3.63) is 36.5 Å². The molecule has 12 unspecified atom stereocenters. The van der Waals surface area contributed by atoms with E-state index in [4.69, 9.17) is 14.2 Å². The van der Waals surface area contributed by atoms with Gasteiger partial charge in [-0.1, -0.05) is 57.2 Å². The van der Waals surface area contributed by atoms with Gasteiger partial charge in [-0.3, -0.25) is 14.4 Å². The second-order valence-electron chi connectivity index (χ2n) is 22.3. The van der Waals surface area contributed by atoms with E-state index in [2.05, 4.69) is 57.2 Å². The third kappa shape index (κ3) is 7.00. The van der Waals surface area contributed by atoms with E-state index in [1.807, 2.05) is 0 Å². The van der Waals surface area contributed by atoms with E-state index < -0.39 is 0 Å². The van der Waals surface area contributed by atoms with Gasteiger partial charge in [0.25, 0.3) is 0 Å². The van der Waals surface area contributed by atoms with Crippen LogP contribution in [0, 0.1) is 88.8 Å². The molecule has 0 aromatic carbocycles. The molecule has 13 rings (SSSR count).